The van der Waals surface area contributed by atoms with Gasteiger partial charge in [-0.1, -0.05) is 12.1 Å². The van der Waals surface area contributed by atoms with Crippen LogP contribution in [0.15, 0.2) is 24.3 Å². The largest absolute Gasteiger partial charge is 0.376 e. The van der Waals surface area contributed by atoms with Crippen molar-refractivity contribution in [1.29, 1.82) is 0 Å². The highest BCUT2D eigenvalue weighted by atomic mass is 16.5. The number of rotatable bonds is 6. The Balaban J connectivity index is 1.51. The second-order valence-corrected chi connectivity index (χ2v) is 6.38. The number of carbonyl (C=O) groups excluding carboxylic acids is 2. The fourth-order valence-electron chi connectivity index (χ4n) is 2.66. The summed E-state index contributed by atoms with van der Waals surface area (Å²) in [5.74, 6) is -0.239. The Labute approximate surface area is 135 Å². The van der Waals surface area contributed by atoms with Crippen molar-refractivity contribution < 1.29 is 14.3 Å². The zero-order chi connectivity index (χ0) is 16.3. The van der Waals surface area contributed by atoms with Gasteiger partial charge in [0.05, 0.1) is 11.6 Å². The van der Waals surface area contributed by atoms with E-state index in [-0.39, 0.29) is 17.9 Å². The molecule has 1 atom stereocenters. The summed E-state index contributed by atoms with van der Waals surface area (Å²) in [4.78, 5) is 24.0. The van der Waals surface area contributed by atoms with E-state index in [1.807, 2.05) is 12.1 Å². The minimum Gasteiger partial charge on any atom is -0.376 e. The van der Waals surface area contributed by atoms with Crippen LogP contribution in [0.4, 0.5) is 0 Å². The van der Waals surface area contributed by atoms with Gasteiger partial charge in [-0.3, -0.25) is 9.59 Å². The Morgan fingerprint density at radius 3 is 2.83 bits per heavy atom. The van der Waals surface area contributed by atoms with E-state index in [9.17, 15) is 9.59 Å². The fourth-order valence-corrected chi connectivity index (χ4v) is 2.66. The lowest BCUT2D eigenvalue weighted by Crippen LogP contribution is -2.42. The van der Waals surface area contributed by atoms with Crippen molar-refractivity contribution in [2.24, 2.45) is 5.73 Å². The molecule has 124 valence electrons. The fraction of sp³-hybridized carbons (Fsp3) is 0.529. The highest BCUT2D eigenvalue weighted by molar-refractivity contribution is 5.94. The van der Waals surface area contributed by atoms with Crippen LogP contribution in [0, 0.1) is 0 Å². The van der Waals surface area contributed by atoms with Crippen molar-refractivity contribution in [2.45, 2.75) is 43.9 Å². The van der Waals surface area contributed by atoms with E-state index >= 15 is 0 Å². The molecule has 0 radical (unpaired) electrons. The van der Waals surface area contributed by atoms with Crippen molar-refractivity contribution in [3.8, 4) is 0 Å². The first-order valence-corrected chi connectivity index (χ1v) is 8.13. The second kappa shape index (κ2) is 6.68. The van der Waals surface area contributed by atoms with Crippen molar-refractivity contribution >= 4 is 11.8 Å². The Morgan fingerprint density at radius 1 is 1.30 bits per heavy atom. The lowest BCUT2D eigenvalue weighted by molar-refractivity contribution is -0.123. The van der Waals surface area contributed by atoms with Crippen LogP contribution in [0.5, 0.6) is 0 Å². The molecule has 1 aromatic rings. The summed E-state index contributed by atoms with van der Waals surface area (Å²) >= 11 is 0. The van der Waals surface area contributed by atoms with E-state index in [4.69, 9.17) is 10.5 Å². The molecule has 0 aromatic heterocycles. The minimum absolute atomic E-state index is 0.119. The highest BCUT2D eigenvalue weighted by Gasteiger charge is 2.45. The Bertz CT molecular complexity index is 593. The average Bonchev–Trinajstić information content (AvgIpc) is 3.11. The van der Waals surface area contributed by atoms with E-state index < -0.39 is 5.54 Å². The number of carbonyl (C=O) groups is 2. The number of ether oxygens (including phenoxy) is 1. The quantitative estimate of drug-likeness (QED) is 0.720. The van der Waals surface area contributed by atoms with Gasteiger partial charge in [0.15, 0.2) is 0 Å². The third-order valence-corrected chi connectivity index (χ3v) is 4.40. The average molecular weight is 317 g/mol. The van der Waals surface area contributed by atoms with Crippen LogP contribution >= 0.6 is 0 Å². The third kappa shape index (κ3) is 4.09. The monoisotopic (exact) mass is 317 g/mol. The van der Waals surface area contributed by atoms with Crippen LogP contribution in [-0.4, -0.2) is 36.6 Å². The summed E-state index contributed by atoms with van der Waals surface area (Å²) in [5.41, 5.74) is 6.64. The third-order valence-electron chi connectivity index (χ3n) is 4.40. The zero-order valence-corrected chi connectivity index (χ0v) is 13.1. The molecule has 1 saturated heterocycles. The highest BCUT2D eigenvalue weighted by Crippen LogP contribution is 2.32. The Hall–Kier alpha value is -1.92. The molecule has 1 heterocycles. The van der Waals surface area contributed by atoms with E-state index in [0.29, 0.717) is 18.7 Å². The second-order valence-electron chi connectivity index (χ2n) is 6.38. The molecule has 3 rings (SSSR count). The van der Waals surface area contributed by atoms with Crippen LogP contribution in [0.3, 0.4) is 0 Å². The van der Waals surface area contributed by atoms with Crippen molar-refractivity contribution in [1.82, 2.24) is 10.6 Å². The molecule has 4 N–H and O–H groups in total. The lowest BCUT2D eigenvalue weighted by Gasteiger charge is -2.12. The molecular formula is C17H23N3O3. The van der Waals surface area contributed by atoms with Crippen LogP contribution in [-0.2, 0) is 16.1 Å². The summed E-state index contributed by atoms with van der Waals surface area (Å²) < 4.78 is 5.49. The van der Waals surface area contributed by atoms with Crippen LogP contribution in [0.2, 0.25) is 0 Å². The summed E-state index contributed by atoms with van der Waals surface area (Å²) in [7, 11) is 0. The van der Waals surface area contributed by atoms with E-state index in [2.05, 4.69) is 10.6 Å². The Morgan fingerprint density at radius 2 is 2.13 bits per heavy atom. The Kier molecular flexibility index (Phi) is 4.63. The normalized spacial score (nSPS) is 21.7. The number of hydrogen-bond donors (Lipinski definition) is 3. The first-order chi connectivity index (χ1) is 11.1. The molecule has 1 aromatic carbocycles. The zero-order valence-electron chi connectivity index (χ0n) is 13.1. The maximum atomic E-state index is 12.2. The van der Waals surface area contributed by atoms with E-state index in [0.717, 1.165) is 37.9 Å². The number of nitrogens with two attached hydrogens (primary N) is 1. The van der Waals surface area contributed by atoms with Gasteiger partial charge in [0, 0.05) is 25.3 Å². The standard InChI is InChI=1S/C17H23N3O3/c18-17(6-7-17)16(22)20-10-12-3-1-4-13(9-12)15(21)19-11-14-5-2-8-23-14/h1,3-4,9,14H,2,5-8,10-11,18H2,(H,19,21)(H,20,22). The molecule has 6 nitrogen and oxygen atoms in total. The van der Waals surface area contributed by atoms with Gasteiger partial charge in [-0.2, -0.15) is 0 Å². The minimum atomic E-state index is -0.670. The summed E-state index contributed by atoms with van der Waals surface area (Å²) in [6, 6.07) is 7.26. The van der Waals surface area contributed by atoms with Gasteiger partial charge in [0.1, 0.15) is 0 Å². The van der Waals surface area contributed by atoms with Crippen molar-refractivity contribution in [3.63, 3.8) is 0 Å². The molecule has 0 bridgehead atoms. The van der Waals surface area contributed by atoms with Gasteiger partial charge >= 0.3 is 0 Å². The SMILES string of the molecule is NC1(C(=O)NCc2cccc(C(=O)NCC3CCCO3)c2)CC1. The summed E-state index contributed by atoms with van der Waals surface area (Å²) in [5, 5.41) is 5.72. The van der Waals surface area contributed by atoms with E-state index in [1.165, 1.54) is 0 Å². The van der Waals surface area contributed by atoms with Gasteiger partial charge in [-0.05, 0) is 43.4 Å². The molecule has 2 amide bonds. The van der Waals surface area contributed by atoms with Gasteiger partial charge in [-0.15, -0.1) is 0 Å². The molecule has 1 unspecified atom stereocenters. The number of benzene rings is 1. The predicted octanol–water partition coefficient (Wildman–Crippen LogP) is 0.703. The molecule has 1 saturated carbocycles. The molecule has 6 heteroatoms. The first kappa shape index (κ1) is 16.0. The molecule has 1 aliphatic carbocycles. The summed E-state index contributed by atoms with van der Waals surface area (Å²) in [6.45, 7) is 1.69. The topological polar surface area (TPSA) is 93.5 Å². The smallest absolute Gasteiger partial charge is 0.251 e. The maximum absolute atomic E-state index is 12.2. The molecule has 1 aliphatic heterocycles. The lowest BCUT2D eigenvalue weighted by atomic mass is 10.1. The number of amides is 2. The predicted molar refractivity (Wildman–Crippen MR) is 85.7 cm³/mol. The number of hydrogen-bond acceptors (Lipinski definition) is 4. The maximum Gasteiger partial charge on any atom is 0.251 e. The number of nitrogens with one attached hydrogen (secondary N) is 2. The molecule has 0 spiro atoms. The summed E-state index contributed by atoms with van der Waals surface area (Å²) in [6.07, 6.45) is 3.65. The van der Waals surface area contributed by atoms with Crippen molar-refractivity contribution in [2.75, 3.05) is 13.2 Å². The molecule has 2 fully saturated rings. The molecular weight excluding hydrogens is 294 g/mol. The van der Waals surface area contributed by atoms with Gasteiger partial charge in [-0.25, -0.2) is 0 Å². The van der Waals surface area contributed by atoms with Crippen LogP contribution in [0.25, 0.3) is 0 Å². The molecule has 2 aliphatic rings. The van der Waals surface area contributed by atoms with Crippen molar-refractivity contribution in [3.05, 3.63) is 35.4 Å². The van der Waals surface area contributed by atoms with E-state index in [1.54, 1.807) is 12.1 Å². The van der Waals surface area contributed by atoms with Gasteiger partial charge in [0.2, 0.25) is 5.91 Å². The van der Waals surface area contributed by atoms with Crippen LogP contribution < -0.4 is 16.4 Å². The van der Waals surface area contributed by atoms with Gasteiger partial charge in [0.25, 0.3) is 5.91 Å². The van der Waals surface area contributed by atoms with Gasteiger partial charge < -0.3 is 21.1 Å². The first-order valence-electron chi connectivity index (χ1n) is 8.13. The van der Waals surface area contributed by atoms with Crippen LogP contribution in [0.1, 0.15) is 41.6 Å². The molecule has 23 heavy (non-hydrogen) atoms.